The average Bonchev–Trinajstić information content (AvgIpc) is 3.58. The van der Waals surface area contributed by atoms with Gasteiger partial charge in [-0.1, -0.05) is 163 Å². The van der Waals surface area contributed by atoms with Crippen LogP contribution in [0.4, 0.5) is 0 Å². The molecule has 0 N–H and O–H groups in total. The number of hydrogen-bond acceptors (Lipinski definition) is 1. The van der Waals surface area contributed by atoms with Crippen LogP contribution in [0.1, 0.15) is 41.1 Å². The Bertz CT molecular complexity index is 4460. The summed E-state index contributed by atoms with van der Waals surface area (Å²) in [6, 6.07) is -28.5. The fraction of sp³-hybridized carbons (Fsp3) is 0. The Labute approximate surface area is 326 Å². The van der Waals surface area contributed by atoms with E-state index in [4.69, 9.17) is 30.5 Å². The minimum atomic E-state index is -1.12. The van der Waals surface area contributed by atoms with Gasteiger partial charge in [0.15, 0.2) is 0 Å². The lowest BCUT2D eigenvalue weighted by Gasteiger charge is -2.18. The molecule has 0 spiro atoms. The van der Waals surface area contributed by atoms with Crippen LogP contribution in [0.5, 0.6) is 0 Å². The highest BCUT2D eigenvalue weighted by Gasteiger charge is 2.20. The van der Waals surface area contributed by atoms with Crippen molar-refractivity contribution in [3.8, 4) is 44.5 Å². The molecule has 1 heterocycles. The minimum absolute atomic E-state index is 0.553. The first kappa shape index (κ1) is 11.1. The molecular weight excluding hydrogens is 593 g/mol. The summed E-state index contributed by atoms with van der Waals surface area (Å²) in [6.07, 6.45) is 0. The molecule has 10 rings (SSSR count). The maximum absolute atomic E-state index is 9.56. The number of benzene rings is 9. The van der Waals surface area contributed by atoms with E-state index in [2.05, 4.69) is 0 Å². The van der Waals surface area contributed by atoms with Crippen molar-refractivity contribution in [2.45, 2.75) is 0 Å². The molecule has 0 aliphatic rings. The van der Waals surface area contributed by atoms with E-state index >= 15 is 0 Å². The van der Waals surface area contributed by atoms with Crippen molar-refractivity contribution < 1.29 is 45.5 Å². The van der Waals surface area contributed by atoms with Gasteiger partial charge in [0.05, 0.1) is 41.1 Å². The molecule has 228 valence electrons. The van der Waals surface area contributed by atoms with Crippen molar-refractivity contribution >= 4 is 54.3 Å². The number of hydrogen-bond donors (Lipinski definition) is 0. The molecule has 49 heavy (non-hydrogen) atoms. The van der Waals surface area contributed by atoms with Crippen LogP contribution < -0.4 is 0 Å². The summed E-state index contributed by atoms with van der Waals surface area (Å²) in [5.74, 6) is 0. The summed E-state index contributed by atoms with van der Waals surface area (Å²) in [5, 5.41) is -5.41. The molecule has 0 aliphatic carbocycles. The molecule has 0 amide bonds. The third kappa shape index (κ3) is 4.47. The number of para-hydroxylation sites is 1. The highest BCUT2D eigenvalue weighted by atomic mass is 16.3. The predicted molar refractivity (Wildman–Crippen MR) is 208 cm³/mol. The molecule has 10 aromatic rings. The molecule has 1 nitrogen and oxygen atoms in total. The van der Waals surface area contributed by atoms with Gasteiger partial charge in [-0.15, -0.1) is 0 Å². The molecule has 0 fully saturated rings. The Morgan fingerprint density at radius 3 is 1.59 bits per heavy atom. The van der Waals surface area contributed by atoms with Crippen molar-refractivity contribution in [3.05, 3.63) is 181 Å². The monoisotopic (exact) mass is 652 g/mol. The van der Waals surface area contributed by atoms with Gasteiger partial charge < -0.3 is 4.42 Å². The predicted octanol–water partition coefficient (Wildman–Crippen LogP) is 13.7. The molecule has 0 radical (unpaired) electrons. The van der Waals surface area contributed by atoms with Crippen LogP contribution in [0.25, 0.3) is 98.8 Å². The number of fused-ring (bicyclic) bond motifs is 6. The van der Waals surface area contributed by atoms with Gasteiger partial charge in [0.25, 0.3) is 0 Å². The lowest BCUT2D eigenvalue weighted by molar-refractivity contribution is 0.670. The fourth-order valence-electron chi connectivity index (χ4n) is 5.69. The standard InChI is InChI=1S/C48H30O/c1-2-11-31(12-3-1)37-27-28-38-43-19-10-20-44(48(43)49-45(38)30-37)47-41-17-8-6-15-39(41)46(40-16-7-9-18-42(40)47)34-24-21-33(22-25-34)36-26-23-32-13-4-5-14-35(32)29-36/h1-30H/i1D,2D,3D,4D,5D,6D,7D,8D,9D,10D,11D,12D,13D,14D,15D,16D,17D,18D,19D,20D,21D,22D,23D,24D,25D,26D,27D,28D,29D,30D. The summed E-state index contributed by atoms with van der Waals surface area (Å²) in [4.78, 5) is 0. The van der Waals surface area contributed by atoms with E-state index in [-0.39, 0.29) is 0 Å². The molecule has 0 aliphatic heterocycles. The molecule has 1 aromatic heterocycles. The van der Waals surface area contributed by atoms with Crippen LogP contribution in [0.3, 0.4) is 0 Å². The zero-order chi connectivity index (χ0) is 58.4. The summed E-state index contributed by atoms with van der Waals surface area (Å²) in [7, 11) is 0. The molecule has 0 unspecified atom stereocenters. The minimum Gasteiger partial charge on any atom is -0.455 e. The zero-order valence-electron chi connectivity index (χ0n) is 54.4. The van der Waals surface area contributed by atoms with Crippen LogP contribution >= 0.6 is 0 Å². The van der Waals surface area contributed by atoms with Crippen LogP contribution in [0.2, 0.25) is 0 Å². The normalized spacial score (nSPS) is 20.2. The number of rotatable bonds is 4. The van der Waals surface area contributed by atoms with Gasteiger partial charge in [0.2, 0.25) is 0 Å². The molecule has 0 saturated carbocycles. The van der Waals surface area contributed by atoms with Crippen molar-refractivity contribution in [2.75, 3.05) is 0 Å². The highest BCUT2D eigenvalue weighted by molar-refractivity contribution is 6.24. The van der Waals surface area contributed by atoms with E-state index < -0.39 is 280 Å². The molecule has 0 bridgehead atoms. The van der Waals surface area contributed by atoms with E-state index in [1.165, 1.54) is 0 Å². The van der Waals surface area contributed by atoms with E-state index in [1.807, 2.05) is 0 Å². The second-order valence-corrected chi connectivity index (χ2v) is 10.5. The molecular formula is C48H30O. The van der Waals surface area contributed by atoms with Gasteiger partial charge in [-0.2, -0.15) is 0 Å². The van der Waals surface area contributed by atoms with Gasteiger partial charge in [-0.25, -0.2) is 0 Å². The second kappa shape index (κ2) is 11.1. The van der Waals surface area contributed by atoms with E-state index in [9.17, 15) is 15.1 Å². The molecule has 9 aromatic carbocycles. The molecule has 0 saturated heterocycles. The zero-order valence-corrected chi connectivity index (χ0v) is 24.4. The van der Waals surface area contributed by atoms with Crippen LogP contribution in [-0.2, 0) is 0 Å². The summed E-state index contributed by atoms with van der Waals surface area (Å²) in [6.45, 7) is 0. The third-order valence-corrected chi connectivity index (χ3v) is 7.81. The molecule has 1 heteroatoms. The first-order valence-electron chi connectivity index (χ1n) is 29.4. The van der Waals surface area contributed by atoms with Crippen molar-refractivity contribution in [2.24, 2.45) is 0 Å². The van der Waals surface area contributed by atoms with Crippen LogP contribution in [-0.4, -0.2) is 0 Å². The molecule has 0 atom stereocenters. The highest BCUT2D eigenvalue weighted by Crippen LogP contribution is 2.47. The third-order valence-electron chi connectivity index (χ3n) is 7.81. The van der Waals surface area contributed by atoms with E-state index in [1.54, 1.807) is 0 Å². The first-order valence-corrected chi connectivity index (χ1v) is 14.4. The Morgan fingerprint density at radius 1 is 0.327 bits per heavy atom. The smallest absolute Gasteiger partial charge is 0.143 e. The van der Waals surface area contributed by atoms with E-state index in [0.717, 1.165) is 0 Å². The van der Waals surface area contributed by atoms with E-state index in [0.29, 0.717) is 0 Å². The SMILES string of the molecule is [2H]c1c([2H])c([2H])c(-c2c([2H])c([2H])c3c(oc4c(-c5c6c([2H])c([2H])c([2H])c([2H])c6c(-c6c([2H])c([2H])c(-c7c([2H])c([2H])c8c([2H])c([2H])c([2H])c([2H])c8c7[2H])c([2H])c6[2H])c6c([2H])c([2H])c([2H])c([2H])c56)c([2H])c([2H])c([2H])c43)c2[2H])c([2H])c1[2H]. The second-order valence-electron chi connectivity index (χ2n) is 10.5. The fourth-order valence-corrected chi connectivity index (χ4v) is 5.69. The van der Waals surface area contributed by atoms with Crippen molar-refractivity contribution in [1.82, 2.24) is 0 Å². The Morgan fingerprint density at radius 2 is 0.857 bits per heavy atom. The van der Waals surface area contributed by atoms with Crippen LogP contribution in [0, 0.1) is 0 Å². The largest absolute Gasteiger partial charge is 0.455 e. The maximum Gasteiger partial charge on any atom is 0.143 e. The Hall–Kier alpha value is -6.44. The Balaban J connectivity index is 1.43. The first-order chi connectivity index (χ1) is 36.8. The van der Waals surface area contributed by atoms with Crippen LogP contribution in [0.15, 0.2) is 186 Å². The lowest BCUT2D eigenvalue weighted by Crippen LogP contribution is -1.91. The van der Waals surface area contributed by atoms with Gasteiger partial charge in [-0.05, 0) is 83.8 Å². The van der Waals surface area contributed by atoms with Crippen molar-refractivity contribution in [1.29, 1.82) is 0 Å². The quantitative estimate of drug-likeness (QED) is 0.172. The topological polar surface area (TPSA) is 13.1 Å². The average molecular weight is 653 g/mol. The van der Waals surface area contributed by atoms with Gasteiger partial charge >= 0.3 is 0 Å². The van der Waals surface area contributed by atoms with Gasteiger partial charge in [0, 0.05) is 21.9 Å². The Kier molecular flexibility index (Phi) is 2.50. The van der Waals surface area contributed by atoms with Crippen molar-refractivity contribution in [3.63, 3.8) is 0 Å². The summed E-state index contributed by atoms with van der Waals surface area (Å²) >= 11 is 0. The maximum atomic E-state index is 9.56. The van der Waals surface area contributed by atoms with Gasteiger partial charge in [-0.3, -0.25) is 0 Å². The summed E-state index contributed by atoms with van der Waals surface area (Å²) < 4.78 is 275. The lowest BCUT2D eigenvalue weighted by atomic mass is 9.85. The number of furan rings is 1. The van der Waals surface area contributed by atoms with Gasteiger partial charge in [0.1, 0.15) is 11.2 Å². The summed E-state index contributed by atoms with van der Waals surface area (Å²) in [5.41, 5.74) is -7.68.